The highest BCUT2D eigenvalue weighted by atomic mass is 16.5. The van der Waals surface area contributed by atoms with Crippen molar-refractivity contribution < 1.29 is 4.74 Å². The maximum absolute atomic E-state index is 4.94. The van der Waals surface area contributed by atoms with E-state index in [0.29, 0.717) is 13.2 Å². The zero-order chi connectivity index (χ0) is 6.24. The quantitative estimate of drug-likeness (QED) is 0.399. The largest absolute Gasteiger partial charge is 0.377 e. The van der Waals surface area contributed by atoms with E-state index in [9.17, 15) is 0 Å². The zero-order valence-electron chi connectivity index (χ0n) is 5.39. The molecule has 0 spiro atoms. The highest BCUT2D eigenvalue weighted by molar-refractivity contribution is 4.79. The van der Waals surface area contributed by atoms with Gasteiger partial charge in [0.15, 0.2) is 0 Å². The molecule has 1 nitrogen and oxygen atoms in total. The maximum atomic E-state index is 4.94. The van der Waals surface area contributed by atoms with E-state index < -0.39 is 0 Å². The molecule has 0 aromatic rings. The Morgan fingerprint density at radius 2 is 2.25 bits per heavy atom. The van der Waals surface area contributed by atoms with Crippen LogP contribution in [0.4, 0.5) is 0 Å². The summed E-state index contributed by atoms with van der Waals surface area (Å²) in [4.78, 5) is 0. The first-order valence-electron chi connectivity index (χ1n) is 2.93. The molecule has 0 amide bonds. The second-order valence-corrected chi connectivity index (χ2v) is 1.45. The molecule has 8 heavy (non-hydrogen) atoms. The molecule has 1 radical (unpaired) electrons. The molecule has 0 aromatic heterocycles. The molecule has 1 heteroatoms. The van der Waals surface area contributed by atoms with E-state index in [1.807, 2.05) is 6.08 Å². The van der Waals surface area contributed by atoms with Gasteiger partial charge in [0.25, 0.3) is 0 Å². The van der Waals surface area contributed by atoms with Gasteiger partial charge >= 0.3 is 0 Å². The van der Waals surface area contributed by atoms with E-state index in [-0.39, 0.29) is 0 Å². The SMILES string of the molecule is [CH2]COCC=CCC. The van der Waals surface area contributed by atoms with Gasteiger partial charge in [-0.15, -0.1) is 0 Å². The molecule has 0 aliphatic rings. The molecule has 0 bridgehead atoms. The van der Waals surface area contributed by atoms with Gasteiger partial charge in [0, 0.05) is 6.61 Å². The van der Waals surface area contributed by atoms with Crippen LogP contribution in [0.3, 0.4) is 0 Å². The standard InChI is InChI=1S/C7H13O/c1-3-5-6-7-8-4-2/h5-6H,2-4,7H2,1H3. The minimum atomic E-state index is 0.564. The average molecular weight is 113 g/mol. The highest BCUT2D eigenvalue weighted by Crippen LogP contribution is 1.79. The van der Waals surface area contributed by atoms with Crippen molar-refractivity contribution in [3.63, 3.8) is 0 Å². The fraction of sp³-hybridized carbons (Fsp3) is 0.571. The van der Waals surface area contributed by atoms with Gasteiger partial charge in [-0.3, -0.25) is 0 Å². The molecule has 0 N–H and O–H groups in total. The minimum absolute atomic E-state index is 0.564. The predicted molar refractivity (Wildman–Crippen MR) is 35.6 cm³/mol. The molecule has 0 heterocycles. The fourth-order valence-electron chi connectivity index (χ4n) is 0.386. The number of hydrogen-bond donors (Lipinski definition) is 0. The van der Waals surface area contributed by atoms with Gasteiger partial charge in [-0.2, -0.15) is 0 Å². The Kier molecular flexibility index (Phi) is 6.45. The molecule has 0 fully saturated rings. The topological polar surface area (TPSA) is 9.23 Å². The molecule has 47 valence electrons. The molecule has 0 saturated carbocycles. The number of hydrogen-bond acceptors (Lipinski definition) is 1. The van der Waals surface area contributed by atoms with Gasteiger partial charge in [0.05, 0.1) is 6.61 Å². The summed E-state index contributed by atoms with van der Waals surface area (Å²) in [5, 5.41) is 0. The highest BCUT2D eigenvalue weighted by Gasteiger charge is 1.72. The minimum Gasteiger partial charge on any atom is -0.377 e. The summed E-state index contributed by atoms with van der Waals surface area (Å²) >= 11 is 0. The predicted octanol–water partition coefficient (Wildman–Crippen LogP) is 1.80. The van der Waals surface area contributed by atoms with Gasteiger partial charge in [-0.05, 0) is 13.3 Å². The van der Waals surface area contributed by atoms with Gasteiger partial charge in [-0.25, -0.2) is 0 Å². The lowest BCUT2D eigenvalue weighted by Crippen LogP contribution is -1.87. The summed E-state index contributed by atoms with van der Waals surface area (Å²) in [6.07, 6.45) is 5.17. The van der Waals surface area contributed by atoms with E-state index in [4.69, 9.17) is 4.74 Å². The van der Waals surface area contributed by atoms with Crippen LogP contribution in [-0.4, -0.2) is 13.2 Å². The summed E-state index contributed by atoms with van der Waals surface area (Å²) in [6.45, 7) is 6.89. The van der Waals surface area contributed by atoms with E-state index >= 15 is 0 Å². The second-order valence-electron chi connectivity index (χ2n) is 1.45. The third kappa shape index (κ3) is 5.70. The van der Waals surface area contributed by atoms with Crippen LogP contribution in [0.25, 0.3) is 0 Å². The third-order valence-electron chi connectivity index (χ3n) is 0.761. The molecule has 0 aromatic carbocycles. The van der Waals surface area contributed by atoms with Crippen LogP contribution in [0.5, 0.6) is 0 Å². The molecule has 0 rings (SSSR count). The van der Waals surface area contributed by atoms with E-state index in [0.717, 1.165) is 6.42 Å². The Labute approximate surface area is 51.4 Å². The molecular weight excluding hydrogens is 100 g/mol. The van der Waals surface area contributed by atoms with Gasteiger partial charge < -0.3 is 4.74 Å². The maximum Gasteiger partial charge on any atom is 0.0647 e. The molecule has 0 unspecified atom stereocenters. The van der Waals surface area contributed by atoms with Crippen molar-refractivity contribution in [2.75, 3.05) is 13.2 Å². The lowest BCUT2D eigenvalue weighted by atomic mass is 10.4. The number of ether oxygens (including phenoxy) is 1. The second kappa shape index (κ2) is 6.70. The molecule has 0 saturated heterocycles. The molecule has 0 aliphatic heterocycles. The van der Waals surface area contributed by atoms with Crippen LogP contribution in [0.2, 0.25) is 0 Å². The summed E-state index contributed by atoms with van der Waals surface area (Å²) in [7, 11) is 0. The van der Waals surface area contributed by atoms with Crippen molar-refractivity contribution in [1.82, 2.24) is 0 Å². The Hall–Kier alpha value is -0.300. The third-order valence-corrected chi connectivity index (χ3v) is 0.761. The van der Waals surface area contributed by atoms with Gasteiger partial charge in [0.1, 0.15) is 0 Å². The van der Waals surface area contributed by atoms with Crippen LogP contribution in [-0.2, 0) is 4.74 Å². The Morgan fingerprint density at radius 3 is 2.75 bits per heavy atom. The van der Waals surface area contributed by atoms with Crippen molar-refractivity contribution in [3.05, 3.63) is 19.1 Å². The van der Waals surface area contributed by atoms with Gasteiger partial charge in [0.2, 0.25) is 0 Å². The monoisotopic (exact) mass is 113 g/mol. The van der Waals surface area contributed by atoms with Crippen molar-refractivity contribution in [2.45, 2.75) is 13.3 Å². The lowest BCUT2D eigenvalue weighted by Gasteiger charge is -1.90. The van der Waals surface area contributed by atoms with Crippen molar-refractivity contribution in [3.8, 4) is 0 Å². The van der Waals surface area contributed by atoms with E-state index in [2.05, 4.69) is 19.9 Å². The average Bonchev–Trinajstić information content (AvgIpc) is 1.81. The van der Waals surface area contributed by atoms with E-state index in [1.165, 1.54) is 0 Å². The smallest absolute Gasteiger partial charge is 0.0647 e. The fourth-order valence-corrected chi connectivity index (χ4v) is 0.386. The van der Waals surface area contributed by atoms with Crippen molar-refractivity contribution in [2.24, 2.45) is 0 Å². The molecule has 0 aliphatic carbocycles. The summed E-state index contributed by atoms with van der Waals surface area (Å²) < 4.78 is 4.94. The van der Waals surface area contributed by atoms with Crippen LogP contribution < -0.4 is 0 Å². The summed E-state index contributed by atoms with van der Waals surface area (Å²) in [6, 6.07) is 0. The Balaban J connectivity index is 2.80. The Morgan fingerprint density at radius 1 is 1.50 bits per heavy atom. The lowest BCUT2D eigenvalue weighted by molar-refractivity contribution is 0.192. The van der Waals surface area contributed by atoms with Gasteiger partial charge in [-0.1, -0.05) is 19.1 Å². The first kappa shape index (κ1) is 7.70. The molecular formula is C7H13O. The molecule has 0 atom stereocenters. The van der Waals surface area contributed by atoms with Crippen LogP contribution in [0.1, 0.15) is 13.3 Å². The van der Waals surface area contributed by atoms with Crippen LogP contribution in [0, 0.1) is 6.92 Å². The van der Waals surface area contributed by atoms with Crippen LogP contribution in [0.15, 0.2) is 12.2 Å². The normalized spacial score (nSPS) is 10.8. The Bertz CT molecular complexity index is 57.4. The zero-order valence-corrected chi connectivity index (χ0v) is 5.39. The number of rotatable bonds is 4. The van der Waals surface area contributed by atoms with Crippen molar-refractivity contribution in [1.29, 1.82) is 0 Å². The first-order chi connectivity index (χ1) is 3.91. The first-order valence-corrected chi connectivity index (χ1v) is 2.93. The summed E-state index contributed by atoms with van der Waals surface area (Å²) in [5.41, 5.74) is 0. The van der Waals surface area contributed by atoms with Crippen LogP contribution >= 0.6 is 0 Å². The van der Waals surface area contributed by atoms with Crippen molar-refractivity contribution >= 4 is 0 Å². The number of allylic oxidation sites excluding steroid dienone is 1. The summed E-state index contributed by atoms with van der Waals surface area (Å²) in [5.74, 6) is 0. The van der Waals surface area contributed by atoms with E-state index in [1.54, 1.807) is 0 Å².